The van der Waals surface area contributed by atoms with Gasteiger partial charge in [0.2, 0.25) is 0 Å². The monoisotopic (exact) mass is 623 g/mol. The fourth-order valence-corrected chi connectivity index (χ4v) is 5.72. The van der Waals surface area contributed by atoms with Crippen LogP contribution < -0.4 is 10.0 Å². The van der Waals surface area contributed by atoms with Crippen molar-refractivity contribution in [2.24, 2.45) is 0 Å². The molecular weight excluding hydrogens is 582 g/mol. The molecule has 0 aliphatic heterocycles. The van der Waals surface area contributed by atoms with Crippen molar-refractivity contribution in [3.05, 3.63) is 96.2 Å². The molecule has 1 atom stereocenters. The number of aliphatic hydroxyl groups excluding tert-OH is 1. The molecule has 1 heterocycles. The van der Waals surface area contributed by atoms with E-state index in [2.05, 4.69) is 28.5 Å². The van der Waals surface area contributed by atoms with Gasteiger partial charge in [-0.15, -0.1) is 0 Å². The normalized spacial score (nSPS) is 12.7. The highest BCUT2D eigenvalue weighted by molar-refractivity contribution is 7.92. The molecule has 0 aliphatic carbocycles. The second-order valence-electron chi connectivity index (χ2n) is 11.1. The Morgan fingerprint density at radius 1 is 0.955 bits per heavy atom. The van der Waals surface area contributed by atoms with E-state index < -0.39 is 22.1 Å². The molecule has 236 valence electrons. The minimum atomic E-state index is -3.73. The molecule has 3 N–H and O–H groups in total. The number of benzene rings is 3. The summed E-state index contributed by atoms with van der Waals surface area (Å²) in [6.07, 6.45) is 1.93. The molecule has 0 fully saturated rings. The van der Waals surface area contributed by atoms with E-state index >= 15 is 0 Å². The summed E-state index contributed by atoms with van der Waals surface area (Å²) in [5.74, 6) is -0.391. The topological polar surface area (TPSA) is 128 Å². The van der Waals surface area contributed by atoms with Gasteiger partial charge in [-0.05, 0) is 74.4 Å². The van der Waals surface area contributed by atoms with Gasteiger partial charge in [0.05, 0.1) is 36.4 Å². The van der Waals surface area contributed by atoms with E-state index in [-0.39, 0.29) is 23.6 Å². The van der Waals surface area contributed by atoms with E-state index in [9.17, 15) is 18.3 Å². The molecule has 0 amide bonds. The lowest BCUT2D eigenvalue weighted by Crippen LogP contribution is -2.42. The van der Waals surface area contributed by atoms with Crippen molar-refractivity contribution >= 4 is 32.6 Å². The summed E-state index contributed by atoms with van der Waals surface area (Å²) in [6.45, 7) is 6.60. The highest BCUT2D eigenvalue weighted by Crippen LogP contribution is 2.23. The minimum absolute atomic E-state index is 0.170. The number of aryl methyl sites for hydroxylation is 1. The lowest BCUT2D eigenvalue weighted by Gasteiger charge is -2.28. The Bertz CT molecular complexity index is 1620. The van der Waals surface area contributed by atoms with E-state index in [1.54, 1.807) is 55.6 Å². The quantitative estimate of drug-likeness (QED) is 0.114. The third-order valence-electron chi connectivity index (χ3n) is 7.23. The van der Waals surface area contributed by atoms with E-state index in [0.717, 1.165) is 23.9 Å². The maximum absolute atomic E-state index is 12.7. The standard InChI is InChI=1S/C33H41N3O7S/c1-33(2,34-24-31(37)26-8-7-9-28(23-26)35-44(39,40)29-10-5-4-6-11-29)15-17-36-16-14-25-22-27(12-13-30(25)36)32(38)43-21-20-42-19-18-41-3/h4-14,16,22-23,31,34-35,37H,15,17-21,24H2,1-3H3/t31-/m0/s1. The minimum Gasteiger partial charge on any atom is -0.460 e. The summed E-state index contributed by atoms with van der Waals surface area (Å²) in [7, 11) is -2.13. The average molecular weight is 624 g/mol. The van der Waals surface area contributed by atoms with Gasteiger partial charge >= 0.3 is 5.97 Å². The van der Waals surface area contributed by atoms with Crippen LogP contribution in [0, 0.1) is 0 Å². The van der Waals surface area contributed by atoms with Gasteiger partial charge < -0.3 is 29.2 Å². The van der Waals surface area contributed by atoms with Gasteiger partial charge in [0.15, 0.2) is 0 Å². The van der Waals surface area contributed by atoms with Crippen molar-refractivity contribution < 1.29 is 32.5 Å². The van der Waals surface area contributed by atoms with Crippen LogP contribution in [0.2, 0.25) is 0 Å². The molecular formula is C33H41N3O7S. The van der Waals surface area contributed by atoms with Gasteiger partial charge in [-0.1, -0.05) is 30.3 Å². The number of rotatable bonds is 17. The first-order valence-electron chi connectivity index (χ1n) is 14.5. The summed E-state index contributed by atoms with van der Waals surface area (Å²) in [5, 5.41) is 15.3. The number of carbonyl (C=O) groups excluding carboxylic acids is 1. The average Bonchev–Trinajstić information content (AvgIpc) is 3.43. The number of anilines is 1. The number of aromatic nitrogens is 1. The number of ether oxygens (including phenoxy) is 3. The molecule has 3 aromatic carbocycles. The van der Waals surface area contributed by atoms with Gasteiger partial charge in [-0.2, -0.15) is 0 Å². The molecule has 4 aromatic rings. The van der Waals surface area contributed by atoms with Crippen LogP contribution >= 0.6 is 0 Å². The van der Waals surface area contributed by atoms with E-state index in [1.807, 2.05) is 24.4 Å². The summed E-state index contributed by atoms with van der Waals surface area (Å²) >= 11 is 0. The number of nitrogens with zero attached hydrogens (tertiary/aromatic N) is 1. The Balaban J connectivity index is 1.28. The highest BCUT2D eigenvalue weighted by Gasteiger charge is 2.21. The first-order chi connectivity index (χ1) is 21.1. The van der Waals surface area contributed by atoms with Crippen molar-refractivity contribution in [1.82, 2.24) is 9.88 Å². The van der Waals surface area contributed by atoms with Crippen molar-refractivity contribution in [3.63, 3.8) is 0 Å². The molecule has 4 rings (SSSR count). The highest BCUT2D eigenvalue weighted by atomic mass is 32.2. The number of β-amino-alcohol motifs (C(OH)–C–C–N with tert-alkyl or cyclic N) is 1. The molecule has 0 bridgehead atoms. The van der Waals surface area contributed by atoms with Crippen molar-refractivity contribution in [2.45, 2.75) is 43.4 Å². The molecule has 0 aliphatic rings. The summed E-state index contributed by atoms with van der Waals surface area (Å²) in [6, 6.07) is 22.4. The molecule has 0 spiro atoms. The van der Waals surface area contributed by atoms with Crippen molar-refractivity contribution in [2.75, 3.05) is 44.8 Å². The number of methoxy groups -OCH3 is 1. The van der Waals surface area contributed by atoms with E-state index in [4.69, 9.17) is 14.2 Å². The van der Waals surface area contributed by atoms with Crippen LogP contribution in [0.1, 0.15) is 42.3 Å². The van der Waals surface area contributed by atoms with Crippen LogP contribution in [0.25, 0.3) is 10.9 Å². The lowest BCUT2D eigenvalue weighted by molar-refractivity contribution is 0.0214. The lowest BCUT2D eigenvalue weighted by atomic mass is 9.99. The molecule has 0 saturated heterocycles. The molecule has 0 unspecified atom stereocenters. The largest absolute Gasteiger partial charge is 0.460 e. The zero-order valence-corrected chi connectivity index (χ0v) is 26.2. The maximum atomic E-state index is 12.7. The molecule has 0 saturated carbocycles. The molecule has 10 nitrogen and oxygen atoms in total. The summed E-state index contributed by atoms with van der Waals surface area (Å²) in [5.41, 5.74) is 2.17. The van der Waals surface area contributed by atoms with Gasteiger partial charge in [0.1, 0.15) is 6.61 Å². The van der Waals surface area contributed by atoms with Crippen LogP contribution in [0.5, 0.6) is 0 Å². The number of sulfonamides is 1. The van der Waals surface area contributed by atoms with Crippen LogP contribution in [-0.4, -0.2) is 69.7 Å². The van der Waals surface area contributed by atoms with Crippen molar-refractivity contribution in [3.8, 4) is 0 Å². The third-order valence-corrected chi connectivity index (χ3v) is 8.63. The van der Waals surface area contributed by atoms with Crippen molar-refractivity contribution in [1.29, 1.82) is 0 Å². The first kappa shape index (κ1) is 33.2. The fraction of sp³-hybridized carbons (Fsp3) is 0.364. The summed E-state index contributed by atoms with van der Waals surface area (Å²) < 4.78 is 45.7. The van der Waals surface area contributed by atoms with Gasteiger partial charge in [0.25, 0.3) is 10.0 Å². The number of hydrogen-bond acceptors (Lipinski definition) is 8. The fourth-order valence-electron chi connectivity index (χ4n) is 4.65. The Hall–Kier alpha value is -3.74. The van der Waals surface area contributed by atoms with Crippen LogP contribution in [-0.2, 0) is 30.8 Å². The molecule has 0 radical (unpaired) electrons. The summed E-state index contributed by atoms with van der Waals surface area (Å²) in [4.78, 5) is 12.6. The molecule has 1 aromatic heterocycles. The SMILES string of the molecule is COCCOCCOC(=O)c1ccc2c(ccn2CCC(C)(C)NC[C@H](O)c2cccc(NS(=O)(=O)c3ccccc3)c2)c1. The number of carbonyl (C=O) groups is 1. The van der Waals surface area contributed by atoms with E-state index in [1.165, 1.54) is 12.1 Å². The maximum Gasteiger partial charge on any atom is 0.338 e. The van der Waals surface area contributed by atoms with Crippen LogP contribution in [0.15, 0.2) is 90.0 Å². The number of esters is 1. The molecule has 44 heavy (non-hydrogen) atoms. The first-order valence-corrected chi connectivity index (χ1v) is 16.0. The van der Waals surface area contributed by atoms with Gasteiger partial charge in [-0.3, -0.25) is 4.72 Å². The number of aliphatic hydroxyl groups is 1. The van der Waals surface area contributed by atoms with Gasteiger partial charge in [-0.25, -0.2) is 13.2 Å². The van der Waals surface area contributed by atoms with Crippen LogP contribution in [0.4, 0.5) is 5.69 Å². The third kappa shape index (κ3) is 9.38. The number of hydrogen-bond donors (Lipinski definition) is 3. The van der Waals surface area contributed by atoms with Gasteiger partial charge in [0, 0.05) is 48.5 Å². The Morgan fingerprint density at radius 2 is 1.73 bits per heavy atom. The van der Waals surface area contributed by atoms with Crippen LogP contribution in [0.3, 0.4) is 0 Å². The van der Waals surface area contributed by atoms with E-state index in [0.29, 0.717) is 36.6 Å². The molecule has 11 heteroatoms. The Morgan fingerprint density at radius 3 is 2.50 bits per heavy atom. The second kappa shape index (κ2) is 15.3. The Labute approximate surface area is 259 Å². The number of nitrogens with one attached hydrogen (secondary N) is 2. The second-order valence-corrected chi connectivity index (χ2v) is 12.8. The number of fused-ring (bicyclic) bond motifs is 1. The zero-order chi connectivity index (χ0) is 31.6. The predicted octanol–water partition coefficient (Wildman–Crippen LogP) is 4.75. The smallest absolute Gasteiger partial charge is 0.338 e. The zero-order valence-electron chi connectivity index (χ0n) is 25.4. The predicted molar refractivity (Wildman–Crippen MR) is 170 cm³/mol. The Kier molecular flexibility index (Phi) is 11.5.